The van der Waals surface area contributed by atoms with Gasteiger partial charge in [-0.2, -0.15) is 0 Å². The van der Waals surface area contributed by atoms with Crippen LogP contribution in [0.3, 0.4) is 0 Å². The number of rotatable bonds is 3. The zero-order chi connectivity index (χ0) is 10.9. The highest BCUT2D eigenvalue weighted by Crippen LogP contribution is 2.25. The van der Waals surface area contributed by atoms with Gasteiger partial charge in [0.2, 0.25) is 5.91 Å². The van der Waals surface area contributed by atoms with Crippen molar-refractivity contribution in [1.29, 1.82) is 0 Å². The van der Waals surface area contributed by atoms with Crippen molar-refractivity contribution in [3.8, 4) is 0 Å². The molecule has 0 spiro atoms. The van der Waals surface area contributed by atoms with Crippen LogP contribution in [-0.4, -0.2) is 55.9 Å². The van der Waals surface area contributed by atoms with Gasteiger partial charge in [-0.3, -0.25) is 4.79 Å². The van der Waals surface area contributed by atoms with E-state index < -0.39 is 0 Å². The monoisotopic (exact) mass is 214 g/mol. The molecule has 2 aliphatic heterocycles. The van der Waals surface area contributed by atoms with Crippen LogP contribution in [0.15, 0.2) is 0 Å². The van der Waals surface area contributed by atoms with E-state index in [2.05, 4.69) is 0 Å². The molecule has 0 aromatic rings. The molecule has 1 amide bonds. The minimum absolute atomic E-state index is 0.0197. The van der Waals surface area contributed by atoms with Crippen LogP contribution in [0.4, 0.5) is 0 Å². The molecule has 0 saturated carbocycles. The SMILES string of the molecule is COC1(CN2CC(N)CC2=O)CCOC1. The summed E-state index contributed by atoms with van der Waals surface area (Å²) in [6.07, 6.45) is 1.31. The second-order valence-corrected chi connectivity index (χ2v) is 4.43. The smallest absolute Gasteiger partial charge is 0.224 e. The minimum Gasteiger partial charge on any atom is -0.378 e. The number of amides is 1. The van der Waals surface area contributed by atoms with Gasteiger partial charge in [0.25, 0.3) is 0 Å². The molecule has 2 rings (SSSR count). The van der Waals surface area contributed by atoms with Crippen LogP contribution in [0.2, 0.25) is 0 Å². The Morgan fingerprint density at radius 3 is 3.00 bits per heavy atom. The molecule has 0 aliphatic carbocycles. The minimum atomic E-state index is -0.306. The molecule has 2 fully saturated rings. The summed E-state index contributed by atoms with van der Waals surface area (Å²) in [7, 11) is 1.68. The number of hydrogen-bond acceptors (Lipinski definition) is 4. The maximum atomic E-state index is 11.6. The predicted octanol–water partition coefficient (Wildman–Crippen LogP) is -0.648. The first kappa shape index (κ1) is 10.9. The van der Waals surface area contributed by atoms with E-state index in [9.17, 15) is 4.79 Å². The molecular weight excluding hydrogens is 196 g/mol. The highest BCUT2D eigenvalue weighted by molar-refractivity contribution is 5.79. The van der Waals surface area contributed by atoms with E-state index in [1.165, 1.54) is 0 Å². The second kappa shape index (κ2) is 4.08. The lowest BCUT2D eigenvalue weighted by atomic mass is 10.0. The molecule has 2 aliphatic rings. The number of methoxy groups -OCH3 is 1. The average molecular weight is 214 g/mol. The highest BCUT2D eigenvalue weighted by Gasteiger charge is 2.40. The molecule has 86 valence electrons. The molecule has 15 heavy (non-hydrogen) atoms. The molecule has 2 N–H and O–H groups in total. The number of ether oxygens (including phenoxy) is 2. The second-order valence-electron chi connectivity index (χ2n) is 4.43. The van der Waals surface area contributed by atoms with E-state index in [1.807, 2.05) is 0 Å². The summed E-state index contributed by atoms with van der Waals surface area (Å²) in [6.45, 7) is 2.53. The molecule has 5 nitrogen and oxygen atoms in total. The fraction of sp³-hybridized carbons (Fsp3) is 0.900. The van der Waals surface area contributed by atoms with Crippen LogP contribution < -0.4 is 5.73 Å². The molecule has 5 heteroatoms. The van der Waals surface area contributed by atoms with E-state index in [-0.39, 0.29) is 17.6 Å². The van der Waals surface area contributed by atoms with Crippen molar-refractivity contribution in [2.24, 2.45) is 5.73 Å². The van der Waals surface area contributed by atoms with Crippen LogP contribution in [-0.2, 0) is 14.3 Å². The molecule has 2 atom stereocenters. The quantitative estimate of drug-likeness (QED) is 0.678. The lowest BCUT2D eigenvalue weighted by molar-refractivity contribution is -0.132. The van der Waals surface area contributed by atoms with Gasteiger partial charge in [0.1, 0.15) is 5.60 Å². The summed E-state index contributed by atoms with van der Waals surface area (Å²) < 4.78 is 10.8. The third kappa shape index (κ3) is 2.14. The highest BCUT2D eigenvalue weighted by atomic mass is 16.5. The van der Waals surface area contributed by atoms with E-state index >= 15 is 0 Å². The van der Waals surface area contributed by atoms with E-state index in [1.54, 1.807) is 12.0 Å². The zero-order valence-corrected chi connectivity index (χ0v) is 9.07. The fourth-order valence-corrected chi connectivity index (χ4v) is 2.24. The van der Waals surface area contributed by atoms with Gasteiger partial charge in [-0.25, -0.2) is 0 Å². The summed E-state index contributed by atoms with van der Waals surface area (Å²) >= 11 is 0. The van der Waals surface area contributed by atoms with Gasteiger partial charge in [-0.1, -0.05) is 0 Å². The lowest BCUT2D eigenvalue weighted by Gasteiger charge is -2.30. The number of likely N-dealkylation sites (tertiary alicyclic amines) is 1. The summed E-state index contributed by atoms with van der Waals surface area (Å²) in [4.78, 5) is 13.4. The van der Waals surface area contributed by atoms with Crippen LogP contribution >= 0.6 is 0 Å². The van der Waals surface area contributed by atoms with Crippen LogP contribution in [0, 0.1) is 0 Å². The van der Waals surface area contributed by atoms with E-state index in [0.717, 1.165) is 6.42 Å². The molecule has 2 heterocycles. The topological polar surface area (TPSA) is 64.8 Å². The first-order valence-corrected chi connectivity index (χ1v) is 5.31. The van der Waals surface area contributed by atoms with Crippen molar-refractivity contribution in [2.75, 3.05) is 33.4 Å². The predicted molar refractivity (Wildman–Crippen MR) is 54.3 cm³/mol. The standard InChI is InChI=1S/C10H18N2O3/c1-14-10(2-3-15-7-10)6-12-5-8(11)4-9(12)13/h8H,2-7,11H2,1H3. The van der Waals surface area contributed by atoms with Gasteiger partial charge in [0, 0.05) is 39.1 Å². The Kier molecular flexibility index (Phi) is 2.95. The Morgan fingerprint density at radius 2 is 2.53 bits per heavy atom. The van der Waals surface area contributed by atoms with Crippen molar-refractivity contribution in [2.45, 2.75) is 24.5 Å². The van der Waals surface area contributed by atoms with Crippen molar-refractivity contribution in [1.82, 2.24) is 4.90 Å². The number of hydrogen-bond donors (Lipinski definition) is 1. The largest absolute Gasteiger partial charge is 0.378 e. The van der Waals surface area contributed by atoms with E-state index in [4.69, 9.17) is 15.2 Å². The van der Waals surface area contributed by atoms with Crippen molar-refractivity contribution >= 4 is 5.91 Å². The summed E-state index contributed by atoms with van der Waals surface area (Å²) in [5.41, 5.74) is 5.43. The van der Waals surface area contributed by atoms with Gasteiger partial charge in [0.15, 0.2) is 0 Å². The third-order valence-corrected chi connectivity index (χ3v) is 3.22. The van der Waals surface area contributed by atoms with Crippen LogP contribution in [0.1, 0.15) is 12.8 Å². The summed E-state index contributed by atoms with van der Waals surface area (Å²) in [6, 6.07) is -0.0197. The third-order valence-electron chi connectivity index (χ3n) is 3.22. The first-order valence-electron chi connectivity index (χ1n) is 5.31. The van der Waals surface area contributed by atoms with Crippen LogP contribution in [0.5, 0.6) is 0 Å². The summed E-state index contributed by atoms with van der Waals surface area (Å²) in [5, 5.41) is 0. The van der Waals surface area contributed by atoms with Crippen molar-refractivity contribution in [3.63, 3.8) is 0 Å². The number of carbonyl (C=O) groups is 1. The zero-order valence-electron chi connectivity index (χ0n) is 9.07. The molecule has 0 aromatic carbocycles. The first-order chi connectivity index (χ1) is 7.15. The molecule has 0 bridgehead atoms. The van der Waals surface area contributed by atoms with Crippen molar-refractivity contribution in [3.05, 3.63) is 0 Å². The van der Waals surface area contributed by atoms with E-state index in [0.29, 0.717) is 32.7 Å². The Morgan fingerprint density at radius 1 is 1.73 bits per heavy atom. The van der Waals surface area contributed by atoms with Gasteiger partial charge in [-0.05, 0) is 0 Å². The van der Waals surface area contributed by atoms with Gasteiger partial charge >= 0.3 is 0 Å². The van der Waals surface area contributed by atoms with Gasteiger partial charge < -0.3 is 20.1 Å². The fourth-order valence-electron chi connectivity index (χ4n) is 2.24. The van der Waals surface area contributed by atoms with Crippen LogP contribution in [0.25, 0.3) is 0 Å². The maximum Gasteiger partial charge on any atom is 0.224 e. The number of nitrogens with two attached hydrogens (primary N) is 1. The lowest BCUT2D eigenvalue weighted by Crippen LogP contribution is -2.46. The molecular formula is C10H18N2O3. The van der Waals surface area contributed by atoms with Gasteiger partial charge in [0.05, 0.1) is 13.2 Å². The molecule has 0 radical (unpaired) electrons. The Bertz CT molecular complexity index is 251. The number of nitrogens with zero attached hydrogens (tertiary/aromatic N) is 1. The Labute approximate surface area is 89.5 Å². The summed E-state index contributed by atoms with van der Waals surface area (Å²) in [5.74, 6) is 0.130. The van der Waals surface area contributed by atoms with Gasteiger partial charge in [-0.15, -0.1) is 0 Å². The Hall–Kier alpha value is -0.650. The molecule has 2 saturated heterocycles. The maximum absolute atomic E-state index is 11.6. The Balaban J connectivity index is 1.98. The normalized spacial score (nSPS) is 36.5. The van der Waals surface area contributed by atoms with Crippen molar-refractivity contribution < 1.29 is 14.3 Å². The molecule has 0 aromatic heterocycles. The molecule has 2 unspecified atom stereocenters. The average Bonchev–Trinajstić information content (AvgIpc) is 2.76. The number of carbonyl (C=O) groups excluding carboxylic acids is 1.